The molecule has 0 spiro atoms. The number of rotatable bonds is 5. The molecule has 130 valence electrons. The minimum absolute atomic E-state index is 0.0857. The number of halogens is 1. The van der Waals surface area contributed by atoms with Crippen molar-refractivity contribution in [2.24, 2.45) is 0 Å². The number of carbonyl (C=O) groups excluding carboxylic acids is 1. The molecule has 1 amide bonds. The highest BCUT2D eigenvalue weighted by molar-refractivity contribution is 5.97. The number of aromatic amines is 1. The molecule has 24 heavy (non-hydrogen) atoms. The number of H-pyrrole nitrogens is 1. The molecule has 0 radical (unpaired) electrons. The van der Waals surface area contributed by atoms with Gasteiger partial charge in [0.1, 0.15) is 16.9 Å². The van der Waals surface area contributed by atoms with E-state index in [2.05, 4.69) is 20.3 Å². The zero-order valence-corrected chi connectivity index (χ0v) is 13.4. The number of nitrogens with one attached hydrogen (secondary N) is 1. The van der Waals surface area contributed by atoms with E-state index in [0.717, 1.165) is 13.1 Å². The number of morpholine rings is 1. The maximum absolute atomic E-state index is 14.1. The van der Waals surface area contributed by atoms with Gasteiger partial charge in [0.2, 0.25) is 0 Å². The number of amides is 1. The topological polar surface area (TPSA) is 94.6 Å². The van der Waals surface area contributed by atoms with Crippen molar-refractivity contribution in [1.29, 1.82) is 0 Å². The van der Waals surface area contributed by atoms with Crippen molar-refractivity contribution in [3.8, 4) is 0 Å². The number of likely N-dealkylation sites (N-methyl/N-ethyl adjacent to an activating group) is 1. The number of ether oxygens (including phenoxy) is 1. The van der Waals surface area contributed by atoms with E-state index in [1.165, 1.54) is 24.1 Å². The summed E-state index contributed by atoms with van der Waals surface area (Å²) < 4.78 is 19.4. The zero-order valence-electron chi connectivity index (χ0n) is 13.4. The maximum Gasteiger partial charge on any atom is 0.256 e. The summed E-state index contributed by atoms with van der Waals surface area (Å²) in [4.78, 5) is 15.8. The average Bonchev–Trinajstić information content (AvgIpc) is 3.01. The van der Waals surface area contributed by atoms with Gasteiger partial charge < -0.3 is 14.7 Å². The molecule has 1 saturated heterocycles. The van der Waals surface area contributed by atoms with Crippen molar-refractivity contribution in [2.75, 3.05) is 46.4 Å². The molecule has 2 heterocycles. The molecule has 1 unspecified atom stereocenters. The van der Waals surface area contributed by atoms with Crippen molar-refractivity contribution < 1.29 is 19.0 Å². The van der Waals surface area contributed by atoms with Gasteiger partial charge in [-0.2, -0.15) is 15.4 Å². The predicted molar refractivity (Wildman–Crippen MR) is 84.1 cm³/mol. The highest BCUT2D eigenvalue weighted by Gasteiger charge is 2.22. The van der Waals surface area contributed by atoms with Crippen LogP contribution >= 0.6 is 0 Å². The molecule has 8 nitrogen and oxygen atoms in total. The first-order valence-corrected chi connectivity index (χ1v) is 7.78. The third kappa shape index (κ3) is 3.69. The third-order valence-electron chi connectivity index (χ3n) is 4.04. The van der Waals surface area contributed by atoms with E-state index in [-0.39, 0.29) is 12.1 Å². The fourth-order valence-corrected chi connectivity index (χ4v) is 2.77. The Morgan fingerprint density at radius 1 is 1.42 bits per heavy atom. The summed E-state index contributed by atoms with van der Waals surface area (Å²) in [6.45, 7) is 3.37. The largest absolute Gasteiger partial charge is 0.390 e. The minimum atomic E-state index is -0.712. The molecular weight excluding hydrogens is 317 g/mol. The van der Waals surface area contributed by atoms with E-state index in [1.807, 2.05) is 0 Å². The Bertz CT molecular complexity index is 716. The average molecular weight is 337 g/mol. The number of aromatic nitrogens is 3. The Balaban J connectivity index is 1.63. The van der Waals surface area contributed by atoms with Gasteiger partial charge in [-0.3, -0.25) is 9.69 Å². The van der Waals surface area contributed by atoms with E-state index < -0.39 is 17.8 Å². The molecule has 1 fully saturated rings. The number of hydrogen-bond acceptors (Lipinski definition) is 6. The van der Waals surface area contributed by atoms with Crippen LogP contribution in [-0.2, 0) is 4.74 Å². The van der Waals surface area contributed by atoms with Gasteiger partial charge in [0.05, 0.1) is 24.9 Å². The summed E-state index contributed by atoms with van der Waals surface area (Å²) in [7, 11) is 1.54. The number of aliphatic hydroxyl groups is 1. The van der Waals surface area contributed by atoms with Crippen LogP contribution in [0.15, 0.2) is 12.1 Å². The van der Waals surface area contributed by atoms with Crippen molar-refractivity contribution in [2.45, 2.75) is 6.10 Å². The fraction of sp³-hybridized carbons (Fsp3) is 0.533. The predicted octanol–water partition coefficient (Wildman–Crippen LogP) is -0.138. The standard InChI is InChI=1S/C15H20FN5O3/c1-20(8-10(22)9-21-2-4-24-5-3-21)15(23)11-6-13-14(7-12(11)16)18-19-17-13/h6-7,10,22H,2-5,8-9H2,1H3,(H,17,18,19). The van der Waals surface area contributed by atoms with E-state index in [1.54, 1.807) is 0 Å². The summed E-state index contributed by atoms with van der Waals surface area (Å²) >= 11 is 0. The molecule has 1 atom stereocenters. The number of aliphatic hydroxyl groups excluding tert-OH is 1. The van der Waals surface area contributed by atoms with Crippen LogP contribution in [-0.4, -0.2) is 88.8 Å². The second-order valence-electron chi connectivity index (χ2n) is 5.90. The molecular formula is C15H20FN5O3. The van der Waals surface area contributed by atoms with E-state index in [9.17, 15) is 14.3 Å². The van der Waals surface area contributed by atoms with E-state index in [0.29, 0.717) is 30.8 Å². The lowest BCUT2D eigenvalue weighted by atomic mass is 10.1. The minimum Gasteiger partial charge on any atom is -0.390 e. The lowest BCUT2D eigenvalue weighted by Crippen LogP contribution is -2.45. The quantitative estimate of drug-likeness (QED) is 0.789. The summed E-state index contributed by atoms with van der Waals surface area (Å²) in [5, 5.41) is 20.2. The smallest absolute Gasteiger partial charge is 0.256 e. The molecule has 0 saturated carbocycles. The summed E-state index contributed by atoms with van der Waals surface area (Å²) in [6, 6.07) is 2.53. The van der Waals surface area contributed by atoms with Gasteiger partial charge >= 0.3 is 0 Å². The van der Waals surface area contributed by atoms with Gasteiger partial charge in [0.15, 0.2) is 0 Å². The number of carbonyl (C=O) groups is 1. The zero-order chi connectivity index (χ0) is 17.1. The highest BCUT2D eigenvalue weighted by Crippen LogP contribution is 2.17. The van der Waals surface area contributed by atoms with Crippen LogP contribution in [0.1, 0.15) is 10.4 Å². The Morgan fingerprint density at radius 3 is 2.79 bits per heavy atom. The van der Waals surface area contributed by atoms with E-state index in [4.69, 9.17) is 4.74 Å². The fourth-order valence-electron chi connectivity index (χ4n) is 2.77. The summed E-state index contributed by atoms with van der Waals surface area (Å²) in [5.41, 5.74) is 0.693. The van der Waals surface area contributed by atoms with Crippen LogP contribution in [0.2, 0.25) is 0 Å². The second kappa shape index (κ2) is 7.20. The molecule has 1 aromatic heterocycles. The highest BCUT2D eigenvalue weighted by atomic mass is 19.1. The second-order valence-corrected chi connectivity index (χ2v) is 5.90. The van der Waals surface area contributed by atoms with Gasteiger partial charge in [-0.15, -0.1) is 0 Å². The van der Waals surface area contributed by atoms with Crippen LogP contribution < -0.4 is 0 Å². The summed E-state index contributed by atoms with van der Waals surface area (Å²) in [6.07, 6.45) is -0.712. The van der Waals surface area contributed by atoms with Gasteiger partial charge in [-0.25, -0.2) is 4.39 Å². The molecule has 1 aromatic carbocycles. The van der Waals surface area contributed by atoms with Crippen LogP contribution in [0.25, 0.3) is 11.0 Å². The normalized spacial score (nSPS) is 17.1. The first-order valence-electron chi connectivity index (χ1n) is 7.78. The number of benzene rings is 1. The first kappa shape index (κ1) is 16.7. The van der Waals surface area contributed by atoms with Crippen LogP contribution in [0.3, 0.4) is 0 Å². The Kier molecular flexibility index (Phi) is 5.03. The molecule has 2 N–H and O–H groups in total. The van der Waals surface area contributed by atoms with E-state index >= 15 is 0 Å². The molecule has 9 heteroatoms. The van der Waals surface area contributed by atoms with Crippen molar-refractivity contribution >= 4 is 16.9 Å². The van der Waals surface area contributed by atoms with Crippen molar-refractivity contribution in [1.82, 2.24) is 25.2 Å². The lowest BCUT2D eigenvalue weighted by Gasteiger charge is -2.30. The number of β-amino-alcohol motifs (C(OH)–C–C–N with tert-alkyl or cyclic N) is 1. The van der Waals surface area contributed by atoms with Crippen LogP contribution in [0.4, 0.5) is 4.39 Å². The van der Waals surface area contributed by atoms with Gasteiger partial charge in [0.25, 0.3) is 5.91 Å². The molecule has 1 aliphatic heterocycles. The number of hydrogen-bond donors (Lipinski definition) is 2. The molecule has 2 aromatic rings. The van der Waals surface area contributed by atoms with Crippen LogP contribution in [0, 0.1) is 5.82 Å². The monoisotopic (exact) mass is 337 g/mol. The van der Waals surface area contributed by atoms with Crippen molar-refractivity contribution in [3.05, 3.63) is 23.5 Å². The SMILES string of the molecule is CN(CC(O)CN1CCOCC1)C(=O)c1cc2n[nH]nc2cc1F. The number of fused-ring (bicyclic) bond motifs is 1. The maximum atomic E-state index is 14.1. The third-order valence-corrected chi connectivity index (χ3v) is 4.04. The molecule has 3 rings (SSSR count). The number of nitrogens with zero attached hydrogens (tertiary/aromatic N) is 4. The molecule has 0 aliphatic carbocycles. The molecule has 1 aliphatic rings. The summed E-state index contributed by atoms with van der Waals surface area (Å²) in [5.74, 6) is -1.16. The Morgan fingerprint density at radius 2 is 2.08 bits per heavy atom. The Labute approximate surface area is 138 Å². The molecule has 0 bridgehead atoms. The first-order chi connectivity index (χ1) is 11.5. The van der Waals surface area contributed by atoms with Gasteiger partial charge in [-0.05, 0) is 6.07 Å². The lowest BCUT2D eigenvalue weighted by molar-refractivity contribution is 0.00875. The van der Waals surface area contributed by atoms with Crippen LogP contribution in [0.5, 0.6) is 0 Å². The Hall–Kier alpha value is -2.10. The van der Waals surface area contributed by atoms with Gasteiger partial charge in [0, 0.05) is 39.3 Å². The van der Waals surface area contributed by atoms with Crippen molar-refractivity contribution in [3.63, 3.8) is 0 Å². The van der Waals surface area contributed by atoms with Gasteiger partial charge in [-0.1, -0.05) is 0 Å².